The highest BCUT2D eigenvalue weighted by Crippen LogP contribution is 2.23. The van der Waals surface area contributed by atoms with Gasteiger partial charge in [0.15, 0.2) is 0 Å². The highest BCUT2D eigenvalue weighted by molar-refractivity contribution is 7.91. The molecular weight excluding hydrogens is 404 g/mol. The second-order valence-electron chi connectivity index (χ2n) is 6.92. The summed E-state index contributed by atoms with van der Waals surface area (Å²) in [5, 5.41) is 18.5. The predicted octanol–water partition coefficient (Wildman–Crippen LogP) is 1.77. The van der Waals surface area contributed by atoms with Gasteiger partial charge in [-0.25, -0.2) is 13.1 Å². The van der Waals surface area contributed by atoms with Gasteiger partial charge < -0.3 is 5.11 Å². The van der Waals surface area contributed by atoms with E-state index >= 15 is 0 Å². The molecule has 0 aliphatic carbocycles. The molecule has 0 aliphatic heterocycles. The Labute approximate surface area is 172 Å². The molecule has 1 N–H and O–H groups in total. The molecule has 0 fully saturated rings. The van der Waals surface area contributed by atoms with E-state index in [4.69, 9.17) is 5.11 Å². The van der Waals surface area contributed by atoms with Crippen molar-refractivity contribution < 1.29 is 13.5 Å². The number of hydrogen-bond donors (Lipinski definition) is 1. The van der Waals surface area contributed by atoms with Crippen molar-refractivity contribution in [2.24, 2.45) is 0 Å². The van der Waals surface area contributed by atoms with E-state index < -0.39 is 9.84 Å². The van der Waals surface area contributed by atoms with Crippen LogP contribution >= 0.6 is 0 Å². The van der Waals surface area contributed by atoms with Crippen LogP contribution in [-0.2, 0) is 22.9 Å². The molecule has 0 spiro atoms. The number of benzene rings is 2. The van der Waals surface area contributed by atoms with Gasteiger partial charge in [-0.15, -0.1) is 0 Å². The number of aromatic nitrogens is 4. The summed E-state index contributed by atoms with van der Waals surface area (Å²) in [5.74, 6) is 0. The first kappa shape index (κ1) is 20.0. The van der Waals surface area contributed by atoms with E-state index in [9.17, 15) is 13.2 Å². The van der Waals surface area contributed by atoms with Gasteiger partial charge in [0.1, 0.15) is 0 Å². The van der Waals surface area contributed by atoms with Crippen molar-refractivity contribution in [2.75, 3.05) is 6.61 Å². The second-order valence-corrected chi connectivity index (χ2v) is 8.87. The van der Waals surface area contributed by atoms with Gasteiger partial charge >= 0.3 is 0 Å². The monoisotopic (exact) mass is 424 g/mol. The Morgan fingerprint density at radius 3 is 2.57 bits per heavy atom. The summed E-state index contributed by atoms with van der Waals surface area (Å²) in [7, 11) is -3.68. The third-order valence-electron chi connectivity index (χ3n) is 4.86. The largest absolute Gasteiger partial charge is 0.394 e. The average Bonchev–Trinajstić information content (AvgIpc) is 3.09. The summed E-state index contributed by atoms with van der Waals surface area (Å²) in [6.45, 7) is 2.41. The van der Waals surface area contributed by atoms with Crippen LogP contribution in [0.4, 0.5) is 0 Å². The molecule has 0 saturated carbocycles. The van der Waals surface area contributed by atoms with Crippen molar-refractivity contribution in [1.82, 2.24) is 19.6 Å². The third-order valence-corrected chi connectivity index (χ3v) is 6.63. The molecular formula is C21H20N4O4S. The summed E-state index contributed by atoms with van der Waals surface area (Å²) in [6, 6.07) is 12.6. The number of aryl methyl sites for hydroxylation is 1. The van der Waals surface area contributed by atoms with E-state index in [1.807, 2.05) is 6.92 Å². The SMILES string of the molecule is Cc1cn(CCO)nc1Cn1ncc2cc(S(=O)(=O)c3ccccc3)ccc2c1=O. The lowest BCUT2D eigenvalue weighted by molar-refractivity contribution is 0.269. The van der Waals surface area contributed by atoms with Crippen LogP contribution in [-0.4, -0.2) is 39.7 Å². The number of rotatable bonds is 6. The average molecular weight is 424 g/mol. The van der Waals surface area contributed by atoms with Gasteiger partial charge in [-0.05, 0) is 42.8 Å². The molecule has 0 atom stereocenters. The van der Waals surface area contributed by atoms with E-state index in [2.05, 4.69) is 10.2 Å². The molecule has 30 heavy (non-hydrogen) atoms. The lowest BCUT2D eigenvalue weighted by atomic mass is 10.2. The maximum atomic E-state index is 12.9. The smallest absolute Gasteiger partial charge is 0.274 e. The minimum absolute atomic E-state index is 0.0248. The molecule has 0 saturated heterocycles. The lowest BCUT2D eigenvalue weighted by Crippen LogP contribution is -2.24. The maximum Gasteiger partial charge on any atom is 0.274 e. The van der Waals surface area contributed by atoms with Crippen LogP contribution in [0.3, 0.4) is 0 Å². The third kappa shape index (κ3) is 3.64. The zero-order valence-corrected chi connectivity index (χ0v) is 17.1. The zero-order valence-electron chi connectivity index (χ0n) is 16.3. The fourth-order valence-corrected chi connectivity index (χ4v) is 4.57. The highest BCUT2D eigenvalue weighted by atomic mass is 32.2. The molecule has 0 unspecified atom stereocenters. The van der Waals surface area contributed by atoms with Crippen LogP contribution < -0.4 is 5.56 Å². The van der Waals surface area contributed by atoms with Crippen molar-refractivity contribution in [3.05, 3.63) is 82.5 Å². The summed E-state index contributed by atoms with van der Waals surface area (Å²) < 4.78 is 28.6. The number of aliphatic hydroxyl groups is 1. The van der Waals surface area contributed by atoms with Crippen molar-refractivity contribution in [2.45, 2.75) is 29.8 Å². The number of hydrogen-bond acceptors (Lipinski definition) is 6. The lowest BCUT2D eigenvalue weighted by Gasteiger charge is -2.08. The van der Waals surface area contributed by atoms with Crippen LogP contribution in [0.5, 0.6) is 0 Å². The van der Waals surface area contributed by atoms with Crippen LogP contribution in [0, 0.1) is 6.92 Å². The van der Waals surface area contributed by atoms with E-state index in [0.717, 1.165) is 5.56 Å². The molecule has 2 aromatic heterocycles. The number of aliphatic hydroxyl groups excluding tert-OH is 1. The molecule has 9 heteroatoms. The van der Waals surface area contributed by atoms with E-state index in [1.54, 1.807) is 29.1 Å². The fourth-order valence-electron chi connectivity index (χ4n) is 3.26. The number of nitrogens with zero attached hydrogens (tertiary/aromatic N) is 4. The molecule has 154 valence electrons. The quantitative estimate of drug-likeness (QED) is 0.506. The minimum atomic E-state index is -3.68. The zero-order chi connectivity index (χ0) is 21.3. The van der Waals surface area contributed by atoms with Gasteiger partial charge in [0.2, 0.25) is 9.84 Å². The fraction of sp³-hybridized carbons (Fsp3) is 0.190. The van der Waals surface area contributed by atoms with Crippen LogP contribution in [0.25, 0.3) is 10.8 Å². The molecule has 0 amide bonds. The van der Waals surface area contributed by atoms with Gasteiger partial charge in [-0.3, -0.25) is 9.48 Å². The van der Waals surface area contributed by atoms with Crippen molar-refractivity contribution >= 4 is 20.6 Å². The summed E-state index contributed by atoms with van der Waals surface area (Å²) in [4.78, 5) is 13.2. The Morgan fingerprint density at radius 2 is 1.83 bits per heavy atom. The maximum absolute atomic E-state index is 12.9. The number of sulfone groups is 1. The molecule has 0 radical (unpaired) electrons. The van der Waals surface area contributed by atoms with Crippen molar-refractivity contribution in [3.8, 4) is 0 Å². The Balaban J connectivity index is 1.71. The topological polar surface area (TPSA) is 107 Å². The molecule has 0 bridgehead atoms. The predicted molar refractivity (Wildman–Crippen MR) is 111 cm³/mol. The summed E-state index contributed by atoms with van der Waals surface area (Å²) >= 11 is 0. The molecule has 2 aromatic carbocycles. The standard InChI is InChI=1S/C21H20N4O4S/c1-15-13-24(9-10-26)23-20(15)14-25-21(27)19-8-7-18(11-16(19)12-22-25)30(28,29)17-5-3-2-4-6-17/h2-8,11-13,26H,9-10,14H2,1H3. The first-order valence-corrected chi connectivity index (χ1v) is 10.8. The Morgan fingerprint density at radius 1 is 1.07 bits per heavy atom. The molecule has 4 aromatic rings. The molecule has 2 heterocycles. The Bertz CT molecular complexity index is 1380. The molecule has 4 rings (SSSR count). The number of fused-ring (bicyclic) bond motifs is 1. The molecule has 8 nitrogen and oxygen atoms in total. The van der Waals surface area contributed by atoms with Crippen molar-refractivity contribution in [3.63, 3.8) is 0 Å². The highest BCUT2D eigenvalue weighted by Gasteiger charge is 2.18. The van der Waals surface area contributed by atoms with E-state index in [-0.39, 0.29) is 28.5 Å². The normalized spacial score (nSPS) is 11.8. The van der Waals surface area contributed by atoms with Crippen LogP contribution in [0.15, 0.2) is 75.5 Å². The first-order valence-electron chi connectivity index (χ1n) is 9.34. The molecule has 0 aliphatic rings. The summed E-state index contributed by atoms with van der Waals surface area (Å²) in [6.07, 6.45) is 3.29. The van der Waals surface area contributed by atoms with E-state index in [0.29, 0.717) is 23.0 Å². The Hall–Kier alpha value is -3.30. The second kappa shape index (κ2) is 7.85. The van der Waals surface area contributed by atoms with Gasteiger partial charge in [-0.2, -0.15) is 10.2 Å². The van der Waals surface area contributed by atoms with Gasteiger partial charge in [0, 0.05) is 11.6 Å². The van der Waals surface area contributed by atoms with Gasteiger partial charge in [-0.1, -0.05) is 18.2 Å². The van der Waals surface area contributed by atoms with Gasteiger partial charge in [0.25, 0.3) is 5.56 Å². The minimum Gasteiger partial charge on any atom is -0.394 e. The Kier molecular flexibility index (Phi) is 5.23. The van der Waals surface area contributed by atoms with E-state index in [1.165, 1.54) is 41.2 Å². The van der Waals surface area contributed by atoms with Gasteiger partial charge in [0.05, 0.1) is 46.8 Å². The first-order chi connectivity index (χ1) is 14.4. The summed E-state index contributed by atoms with van der Waals surface area (Å²) in [5.41, 5.74) is 1.24. The van der Waals surface area contributed by atoms with Crippen LogP contribution in [0.1, 0.15) is 11.3 Å². The van der Waals surface area contributed by atoms with Crippen molar-refractivity contribution in [1.29, 1.82) is 0 Å². The van der Waals surface area contributed by atoms with Crippen LogP contribution in [0.2, 0.25) is 0 Å².